The Kier molecular flexibility index (Phi) is 3.79. The number of piperidine rings is 1. The average molecular weight is 366 g/mol. The summed E-state index contributed by atoms with van der Waals surface area (Å²) in [6, 6.07) is 5.87. The molecule has 6 heteroatoms. The molecule has 1 atom stereocenters. The van der Waals surface area contributed by atoms with Crippen molar-refractivity contribution in [2.45, 2.75) is 44.2 Å². The molecule has 1 aromatic heterocycles. The first-order valence-electron chi connectivity index (χ1n) is 9.90. The highest BCUT2D eigenvalue weighted by Crippen LogP contribution is 2.41. The van der Waals surface area contributed by atoms with Crippen molar-refractivity contribution in [1.82, 2.24) is 19.8 Å². The van der Waals surface area contributed by atoms with E-state index in [-0.39, 0.29) is 17.6 Å². The summed E-state index contributed by atoms with van der Waals surface area (Å²) in [4.78, 5) is 25.5. The fraction of sp³-hybridized carbons (Fsp3) is 0.524. The lowest BCUT2D eigenvalue weighted by Gasteiger charge is -2.49. The van der Waals surface area contributed by atoms with Crippen LogP contribution in [0.15, 0.2) is 24.5 Å². The third-order valence-corrected chi connectivity index (χ3v) is 6.61. The summed E-state index contributed by atoms with van der Waals surface area (Å²) in [7, 11) is 2.19. The first-order valence-corrected chi connectivity index (χ1v) is 9.90. The maximum atomic E-state index is 13.1. The van der Waals surface area contributed by atoms with Crippen LogP contribution in [-0.2, 0) is 18.4 Å². The first kappa shape index (κ1) is 16.8. The standard InChI is InChI=1S/C21H26N4O2/c1-14-11-16-12-15(3-4-18(16)27-14)20(26)25-9-6-21(7-10-25)19-17(22-13-23-19)5-8-24(21)2/h3-4,12-14H,5-11H2,1-2H3,(H,22,23). The number of amides is 1. The fourth-order valence-electron chi connectivity index (χ4n) is 5.02. The van der Waals surface area contributed by atoms with Crippen LogP contribution in [-0.4, -0.2) is 58.5 Å². The molecule has 1 aromatic carbocycles. The van der Waals surface area contributed by atoms with Crippen LogP contribution in [0.3, 0.4) is 0 Å². The number of nitrogens with zero attached hydrogens (tertiary/aromatic N) is 3. The second-order valence-electron chi connectivity index (χ2n) is 8.18. The molecule has 1 N–H and O–H groups in total. The molecular formula is C21H26N4O2. The number of likely N-dealkylation sites (N-methyl/N-ethyl adjacent to an activating group) is 1. The highest BCUT2D eigenvalue weighted by atomic mass is 16.5. The van der Waals surface area contributed by atoms with Crippen molar-refractivity contribution in [1.29, 1.82) is 0 Å². The monoisotopic (exact) mass is 366 g/mol. The van der Waals surface area contributed by atoms with Crippen LogP contribution >= 0.6 is 0 Å². The predicted molar refractivity (Wildman–Crippen MR) is 102 cm³/mol. The number of imidazole rings is 1. The number of hydrogen-bond donors (Lipinski definition) is 1. The molecule has 142 valence electrons. The lowest BCUT2D eigenvalue weighted by Crippen LogP contribution is -2.55. The Morgan fingerprint density at radius 3 is 2.93 bits per heavy atom. The van der Waals surface area contributed by atoms with E-state index in [0.717, 1.165) is 62.2 Å². The van der Waals surface area contributed by atoms with E-state index in [0.29, 0.717) is 0 Å². The van der Waals surface area contributed by atoms with Gasteiger partial charge in [-0.1, -0.05) is 0 Å². The zero-order valence-electron chi connectivity index (χ0n) is 16.0. The predicted octanol–water partition coefficient (Wildman–Crippen LogP) is 2.35. The van der Waals surface area contributed by atoms with Gasteiger partial charge in [0.1, 0.15) is 11.9 Å². The van der Waals surface area contributed by atoms with Gasteiger partial charge in [0.15, 0.2) is 0 Å². The number of benzene rings is 1. The quantitative estimate of drug-likeness (QED) is 0.842. The van der Waals surface area contributed by atoms with Crippen LogP contribution in [0.25, 0.3) is 0 Å². The van der Waals surface area contributed by atoms with E-state index in [2.05, 4.69) is 28.8 Å². The Morgan fingerprint density at radius 1 is 1.30 bits per heavy atom. The van der Waals surface area contributed by atoms with Gasteiger partial charge in [-0.3, -0.25) is 9.69 Å². The van der Waals surface area contributed by atoms with Crippen LogP contribution < -0.4 is 4.74 Å². The molecule has 3 aliphatic rings. The van der Waals surface area contributed by atoms with Gasteiger partial charge >= 0.3 is 0 Å². The normalized spacial score (nSPS) is 23.8. The number of carbonyl (C=O) groups is 1. The topological polar surface area (TPSA) is 61.5 Å². The van der Waals surface area contributed by atoms with E-state index in [1.807, 2.05) is 29.4 Å². The molecular weight excluding hydrogens is 340 g/mol. The van der Waals surface area contributed by atoms with Gasteiger partial charge in [-0.05, 0) is 50.6 Å². The van der Waals surface area contributed by atoms with E-state index in [9.17, 15) is 4.79 Å². The Bertz CT molecular complexity index is 882. The summed E-state index contributed by atoms with van der Waals surface area (Å²) in [5.74, 6) is 1.06. The SMILES string of the molecule is CC1Cc2cc(C(=O)N3CCC4(CC3)c3nc[nH]c3CCN4C)ccc2O1. The molecule has 4 heterocycles. The Labute approximate surface area is 159 Å². The van der Waals surface area contributed by atoms with Crippen LogP contribution in [0.4, 0.5) is 0 Å². The van der Waals surface area contributed by atoms with Crippen molar-refractivity contribution in [2.75, 3.05) is 26.7 Å². The first-order chi connectivity index (χ1) is 13.1. The number of carbonyl (C=O) groups excluding carboxylic acids is 1. The minimum atomic E-state index is -0.0361. The number of fused-ring (bicyclic) bond motifs is 3. The van der Waals surface area contributed by atoms with Crippen molar-refractivity contribution in [3.63, 3.8) is 0 Å². The number of rotatable bonds is 1. The molecule has 1 spiro atoms. The Morgan fingerprint density at radius 2 is 2.11 bits per heavy atom. The molecule has 1 unspecified atom stereocenters. The van der Waals surface area contributed by atoms with Gasteiger partial charge in [-0.2, -0.15) is 0 Å². The summed E-state index contributed by atoms with van der Waals surface area (Å²) in [6.45, 7) is 4.63. The number of aromatic nitrogens is 2. The maximum Gasteiger partial charge on any atom is 0.253 e. The molecule has 0 saturated carbocycles. The number of aromatic amines is 1. The molecule has 2 aromatic rings. The van der Waals surface area contributed by atoms with Gasteiger partial charge < -0.3 is 14.6 Å². The van der Waals surface area contributed by atoms with E-state index < -0.39 is 0 Å². The Balaban J connectivity index is 1.34. The van der Waals surface area contributed by atoms with Crippen molar-refractivity contribution < 1.29 is 9.53 Å². The molecule has 27 heavy (non-hydrogen) atoms. The highest BCUT2D eigenvalue weighted by molar-refractivity contribution is 5.94. The summed E-state index contributed by atoms with van der Waals surface area (Å²) in [5.41, 5.74) is 4.34. The summed E-state index contributed by atoms with van der Waals surface area (Å²) >= 11 is 0. The molecule has 0 radical (unpaired) electrons. The smallest absolute Gasteiger partial charge is 0.253 e. The van der Waals surface area contributed by atoms with Gasteiger partial charge in [-0.15, -0.1) is 0 Å². The number of likely N-dealkylation sites (tertiary alicyclic amines) is 1. The molecule has 1 amide bonds. The van der Waals surface area contributed by atoms with Crippen molar-refractivity contribution >= 4 is 5.91 Å². The van der Waals surface area contributed by atoms with E-state index in [4.69, 9.17) is 4.74 Å². The average Bonchev–Trinajstić information content (AvgIpc) is 3.30. The lowest BCUT2D eigenvalue weighted by molar-refractivity contribution is 0.0225. The van der Waals surface area contributed by atoms with Gasteiger partial charge in [0.2, 0.25) is 0 Å². The van der Waals surface area contributed by atoms with Gasteiger partial charge in [0.05, 0.1) is 17.6 Å². The number of ether oxygens (including phenoxy) is 1. The van der Waals surface area contributed by atoms with Crippen LogP contribution in [0.2, 0.25) is 0 Å². The third-order valence-electron chi connectivity index (χ3n) is 6.61. The second kappa shape index (κ2) is 6.09. The minimum absolute atomic E-state index is 0.0361. The largest absolute Gasteiger partial charge is 0.490 e. The molecule has 0 aliphatic carbocycles. The maximum absolute atomic E-state index is 13.1. The summed E-state index contributed by atoms with van der Waals surface area (Å²) in [5, 5.41) is 0. The zero-order chi connectivity index (χ0) is 18.6. The molecule has 0 bridgehead atoms. The summed E-state index contributed by atoms with van der Waals surface area (Å²) in [6.07, 6.45) is 5.77. The molecule has 1 saturated heterocycles. The van der Waals surface area contributed by atoms with Crippen molar-refractivity contribution in [2.24, 2.45) is 0 Å². The van der Waals surface area contributed by atoms with Crippen molar-refractivity contribution in [3.05, 3.63) is 47.0 Å². The fourth-order valence-corrected chi connectivity index (χ4v) is 5.02. The van der Waals surface area contributed by atoms with Gasteiger partial charge in [-0.25, -0.2) is 4.98 Å². The van der Waals surface area contributed by atoms with Crippen molar-refractivity contribution in [3.8, 4) is 5.75 Å². The highest BCUT2D eigenvalue weighted by Gasteiger charge is 2.45. The molecule has 5 rings (SSSR count). The molecule has 1 fully saturated rings. The lowest BCUT2D eigenvalue weighted by atomic mass is 9.79. The number of hydrogen-bond acceptors (Lipinski definition) is 4. The van der Waals surface area contributed by atoms with Crippen LogP contribution in [0.1, 0.15) is 47.1 Å². The number of H-pyrrole nitrogens is 1. The molecule has 3 aliphatic heterocycles. The van der Waals surface area contributed by atoms with Crippen LogP contribution in [0, 0.1) is 0 Å². The van der Waals surface area contributed by atoms with E-state index >= 15 is 0 Å². The zero-order valence-corrected chi connectivity index (χ0v) is 16.0. The minimum Gasteiger partial charge on any atom is -0.490 e. The van der Waals surface area contributed by atoms with Gasteiger partial charge in [0, 0.05) is 43.7 Å². The van der Waals surface area contributed by atoms with Gasteiger partial charge in [0.25, 0.3) is 5.91 Å². The third kappa shape index (κ3) is 2.57. The summed E-state index contributed by atoms with van der Waals surface area (Å²) < 4.78 is 5.76. The second-order valence-corrected chi connectivity index (χ2v) is 8.18. The Hall–Kier alpha value is -2.34. The molecule has 6 nitrogen and oxygen atoms in total. The van der Waals surface area contributed by atoms with Crippen LogP contribution in [0.5, 0.6) is 5.75 Å². The number of nitrogens with one attached hydrogen (secondary N) is 1. The van der Waals surface area contributed by atoms with E-state index in [1.165, 1.54) is 11.4 Å². The van der Waals surface area contributed by atoms with E-state index in [1.54, 1.807) is 0 Å².